The van der Waals surface area contributed by atoms with Crippen LogP contribution < -0.4 is 4.80 Å². The lowest BCUT2D eigenvalue weighted by atomic mass is 10.2. The van der Waals surface area contributed by atoms with E-state index in [4.69, 9.17) is 0 Å². The average Bonchev–Trinajstić information content (AvgIpc) is 2.91. The summed E-state index contributed by atoms with van der Waals surface area (Å²) in [5.74, 6) is -0.0366. The molecule has 122 valence electrons. The molecule has 0 aliphatic rings. The molecule has 0 spiro atoms. The molecular weight excluding hydrogens is 390 g/mol. The van der Waals surface area contributed by atoms with Crippen molar-refractivity contribution in [2.45, 2.75) is 0 Å². The van der Waals surface area contributed by atoms with Gasteiger partial charge in [0.05, 0.1) is 11.9 Å². The highest BCUT2D eigenvalue weighted by atomic mass is 79.9. The quantitative estimate of drug-likeness (QED) is 0.514. The molecule has 5 nitrogen and oxygen atoms in total. The minimum absolute atomic E-state index is 0.00499. The van der Waals surface area contributed by atoms with E-state index in [2.05, 4.69) is 26.1 Å². The van der Waals surface area contributed by atoms with Crippen molar-refractivity contribution < 1.29 is 10.2 Å². The number of thiazole rings is 1. The predicted molar refractivity (Wildman–Crippen MR) is 99.4 cm³/mol. The number of hydrogen-bond acceptors (Lipinski definition) is 5. The van der Waals surface area contributed by atoms with E-state index in [1.54, 1.807) is 6.07 Å². The highest BCUT2D eigenvalue weighted by molar-refractivity contribution is 9.10. The van der Waals surface area contributed by atoms with Crippen LogP contribution in [0.1, 0.15) is 5.56 Å². The Balaban J connectivity index is 1.89. The maximum Gasteiger partial charge on any atom is 0.210 e. The van der Waals surface area contributed by atoms with Gasteiger partial charge in [-0.2, -0.15) is 5.10 Å². The first-order valence-corrected chi connectivity index (χ1v) is 8.71. The first-order valence-electron chi connectivity index (χ1n) is 7.04. The van der Waals surface area contributed by atoms with Crippen LogP contribution in [0.15, 0.2) is 62.5 Å². The Hall–Kier alpha value is -2.38. The zero-order chi connectivity index (χ0) is 17.1. The van der Waals surface area contributed by atoms with Gasteiger partial charge in [0.1, 0.15) is 11.5 Å². The summed E-state index contributed by atoms with van der Waals surface area (Å²) in [5, 5.41) is 29.2. The predicted octanol–water partition coefficient (Wildman–Crippen LogP) is 3.86. The first kappa shape index (κ1) is 16.5. The molecule has 0 unspecified atom stereocenters. The maximum atomic E-state index is 9.72. The van der Waals surface area contributed by atoms with Crippen LogP contribution in [0.4, 0.5) is 0 Å². The van der Waals surface area contributed by atoms with Crippen molar-refractivity contribution in [3.63, 3.8) is 0 Å². The molecule has 0 aliphatic carbocycles. The van der Waals surface area contributed by atoms with Gasteiger partial charge in [-0.1, -0.05) is 28.1 Å². The Kier molecular flexibility index (Phi) is 4.82. The van der Waals surface area contributed by atoms with Gasteiger partial charge in [-0.05, 0) is 29.8 Å². The number of rotatable bonds is 3. The van der Waals surface area contributed by atoms with E-state index >= 15 is 0 Å². The van der Waals surface area contributed by atoms with Crippen LogP contribution in [0.5, 0.6) is 11.5 Å². The summed E-state index contributed by atoms with van der Waals surface area (Å²) in [6, 6.07) is 12.4. The second-order valence-electron chi connectivity index (χ2n) is 5.06. The number of phenolic OH excluding ortho intramolecular Hbond substituents is 2. The summed E-state index contributed by atoms with van der Waals surface area (Å²) >= 11 is 4.92. The van der Waals surface area contributed by atoms with Gasteiger partial charge in [-0.15, -0.1) is 16.4 Å². The molecule has 3 aromatic rings. The summed E-state index contributed by atoms with van der Waals surface area (Å²) in [6.07, 6.45) is 1.45. The van der Waals surface area contributed by atoms with E-state index in [9.17, 15) is 10.2 Å². The molecular formula is C17H14BrN3O2S. The minimum atomic E-state index is -0.0416. The molecule has 1 heterocycles. The van der Waals surface area contributed by atoms with Gasteiger partial charge in [0.15, 0.2) is 0 Å². The lowest BCUT2D eigenvalue weighted by molar-refractivity contribution is 0.450. The zero-order valence-electron chi connectivity index (χ0n) is 12.7. The monoisotopic (exact) mass is 403 g/mol. The molecule has 3 rings (SSSR count). The number of hydrogen-bond donors (Lipinski definition) is 2. The fourth-order valence-electron chi connectivity index (χ4n) is 2.12. The topological polar surface area (TPSA) is 70.1 Å². The van der Waals surface area contributed by atoms with E-state index in [-0.39, 0.29) is 11.5 Å². The molecule has 0 atom stereocenters. The summed E-state index contributed by atoms with van der Waals surface area (Å²) < 4.78 is 2.99. The molecule has 24 heavy (non-hydrogen) atoms. The van der Waals surface area contributed by atoms with Crippen molar-refractivity contribution in [3.8, 4) is 22.8 Å². The minimum Gasteiger partial charge on any atom is -0.508 e. The lowest BCUT2D eigenvalue weighted by Crippen LogP contribution is -2.10. The molecule has 0 aliphatic heterocycles. The Morgan fingerprint density at radius 3 is 2.58 bits per heavy atom. The molecule has 1 aromatic heterocycles. The maximum absolute atomic E-state index is 9.72. The largest absolute Gasteiger partial charge is 0.508 e. The smallest absolute Gasteiger partial charge is 0.210 e. The third-order valence-electron chi connectivity index (χ3n) is 3.42. The van der Waals surface area contributed by atoms with Gasteiger partial charge < -0.3 is 14.8 Å². The van der Waals surface area contributed by atoms with Crippen LogP contribution in [0.25, 0.3) is 11.3 Å². The van der Waals surface area contributed by atoms with Crippen molar-refractivity contribution in [1.82, 2.24) is 4.57 Å². The molecule has 0 bridgehead atoms. The fourth-order valence-corrected chi connectivity index (χ4v) is 3.25. The molecule has 0 saturated heterocycles. The van der Waals surface area contributed by atoms with Gasteiger partial charge in [0.25, 0.3) is 0 Å². The molecule has 0 fully saturated rings. The van der Waals surface area contributed by atoms with E-state index in [1.165, 1.54) is 29.7 Å². The van der Waals surface area contributed by atoms with Gasteiger partial charge in [0, 0.05) is 28.5 Å². The Morgan fingerprint density at radius 1 is 1.12 bits per heavy atom. The Morgan fingerprint density at radius 2 is 1.88 bits per heavy atom. The molecule has 7 heteroatoms. The lowest BCUT2D eigenvalue weighted by Gasteiger charge is -2.02. The van der Waals surface area contributed by atoms with Crippen molar-refractivity contribution in [2.75, 3.05) is 0 Å². The van der Waals surface area contributed by atoms with Crippen LogP contribution in [-0.2, 0) is 7.05 Å². The molecule has 2 aromatic carbocycles. The second-order valence-corrected chi connectivity index (χ2v) is 6.81. The van der Waals surface area contributed by atoms with Gasteiger partial charge in [-0.3, -0.25) is 0 Å². The summed E-state index contributed by atoms with van der Waals surface area (Å²) in [5.41, 5.74) is 2.64. The summed E-state index contributed by atoms with van der Waals surface area (Å²) in [4.78, 5) is 0.738. The van der Waals surface area contributed by atoms with Gasteiger partial charge >= 0.3 is 0 Å². The van der Waals surface area contributed by atoms with Crippen LogP contribution in [0.2, 0.25) is 0 Å². The fraction of sp³-hybridized carbons (Fsp3) is 0.0588. The third-order valence-corrected chi connectivity index (χ3v) is 4.85. The van der Waals surface area contributed by atoms with Crippen LogP contribution in [0, 0.1) is 0 Å². The second kappa shape index (κ2) is 7.02. The van der Waals surface area contributed by atoms with E-state index in [0.29, 0.717) is 5.56 Å². The highest BCUT2D eigenvalue weighted by Gasteiger charge is 2.04. The normalized spacial score (nSPS) is 12.2. The van der Waals surface area contributed by atoms with Gasteiger partial charge in [0.2, 0.25) is 4.80 Å². The van der Waals surface area contributed by atoms with Crippen molar-refractivity contribution >= 4 is 33.5 Å². The number of nitrogens with zero attached hydrogens (tertiary/aromatic N) is 3. The molecule has 2 N–H and O–H groups in total. The van der Waals surface area contributed by atoms with Crippen molar-refractivity contribution in [1.29, 1.82) is 0 Å². The van der Waals surface area contributed by atoms with Crippen molar-refractivity contribution in [2.24, 2.45) is 17.3 Å². The summed E-state index contributed by atoms with van der Waals surface area (Å²) in [7, 11) is 1.93. The Labute approximate surface area is 151 Å². The van der Waals surface area contributed by atoms with Gasteiger partial charge in [-0.25, -0.2) is 0 Å². The number of phenols is 2. The van der Waals surface area contributed by atoms with Crippen LogP contribution >= 0.6 is 27.3 Å². The first-order chi connectivity index (χ1) is 11.5. The number of aromatic nitrogens is 1. The number of halogens is 1. The van der Waals surface area contributed by atoms with E-state index < -0.39 is 0 Å². The number of aromatic hydroxyl groups is 2. The average molecular weight is 404 g/mol. The van der Waals surface area contributed by atoms with Crippen LogP contribution in [-0.4, -0.2) is 21.0 Å². The van der Waals surface area contributed by atoms with Crippen molar-refractivity contribution in [3.05, 3.63) is 62.7 Å². The zero-order valence-corrected chi connectivity index (χ0v) is 15.1. The SMILES string of the molecule is Cn1c(-c2ccc(Br)cc2)cs/c1=N/N=C/c1ccc(O)cc1O. The Bertz CT molecular complexity index is 959. The molecule has 0 saturated carbocycles. The summed E-state index contributed by atoms with van der Waals surface area (Å²) in [6.45, 7) is 0. The highest BCUT2D eigenvalue weighted by Crippen LogP contribution is 2.22. The third kappa shape index (κ3) is 3.58. The van der Waals surface area contributed by atoms with E-state index in [1.807, 2.05) is 41.3 Å². The standard InChI is InChI=1S/C17H14BrN3O2S/c1-21-15(11-2-5-13(18)6-3-11)10-24-17(21)20-19-9-12-4-7-14(22)8-16(12)23/h2-10,22-23H,1H3/b19-9+,20-17+. The molecule has 0 amide bonds. The molecule has 0 radical (unpaired) electrons. The number of benzene rings is 2. The van der Waals surface area contributed by atoms with E-state index in [0.717, 1.165) is 20.5 Å². The van der Waals surface area contributed by atoms with Crippen LogP contribution in [0.3, 0.4) is 0 Å².